The summed E-state index contributed by atoms with van der Waals surface area (Å²) >= 11 is 24.0. The summed E-state index contributed by atoms with van der Waals surface area (Å²) in [6.07, 6.45) is 1.37. The highest BCUT2D eigenvalue weighted by Crippen LogP contribution is 2.50. The molecule has 0 spiro atoms. The van der Waals surface area contributed by atoms with Crippen LogP contribution in [0, 0.1) is 0 Å². The second-order valence-electron chi connectivity index (χ2n) is 4.43. The van der Waals surface area contributed by atoms with Crippen molar-refractivity contribution in [2.75, 3.05) is 0 Å². The van der Waals surface area contributed by atoms with Crippen LogP contribution in [-0.4, -0.2) is 21.0 Å². The molecule has 0 unspecified atom stereocenters. The molecule has 2 aromatic rings. The van der Waals surface area contributed by atoms with Gasteiger partial charge in [-0.05, 0) is 12.1 Å². The molecular weight excluding hydrogens is 372 g/mol. The van der Waals surface area contributed by atoms with Crippen LogP contribution in [0.1, 0.15) is 21.6 Å². The van der Waals surface area contributed by atoms with E-state index in [4.69, 9.17) is 46.4 Å². The Labute approximate surface area is 144 Å². The van der Waals surface area contributed by atoms with Gasteiger partial charge in [-0.3, -0.25) is 9.78 Å². The van der Waals surface area contributed by atoms with Gasteiger partial charge in [0.15, 0.2) is 0 Å². The number of nitrogens with zero attached hydrogens (tertiary/aromatic N) is 1. The Bertz CT molecular complexity index is 877. The van der Waals surface area contributed by atoms with E-state index in [1.807, 2.05) is 0 Å². The molecule has 0 atom stereocenters. The molecule has 3 rings (SSSR count). The van der Waals surface area contributed by atoms with Crippen molar-refractivity contribution in [3.05, 3.63) is 55.2 Å². The second kappa shape index (κ2) is 5.32. The number of fused-ring (bicyclic) bond motifs is 1. The maximum atomic E-state index is 12.6. The van der Waals surface area contributed by atoms with Gasteiger partial charge in [0.25, 0.3) is 0 Å². The largest absolute Gasteiger partial charge is 0.506 e. The zero-order valence-electron chi connectivity index (χ0n) is 10.5. The van der Waals surface area contributed by atoms with E-state index < -0.39 is 11.5 Å². The normalized spacial score (nSPS) is 13.7. The van der Waals surface area contributed by atoms with E-state index in [-0.39, 0.29) is 48.2 Å². The Morgan fingerprint density at radius 2 is 1.50 bits per heavy atom. The molecule has 1 aromatic carbocycles. The van der Waals surface area contributed by atoms with Gasteiger partial charge in [0.05, 0.1) is 36.8 Å². The molecule has 8 heteroatoms. The minimum absolute atomic E-state index is 0.0221. The van der Waals surface area contributed by atoms with Gasteiger partial charge in [-0.2, -0.15) is 0 Å². The number of benzene rings is 1. The van der Waals surface area contributed by atoms with Crippen LogP contribution in [0.4, 0.5) is 0 Å². The van der Waals surface area contributed by atoms with E-state index >= 15 is 0 Å². The molecule has 1 aliphatic rings. The van der Waals surface area contributed by atoms with Gasteiger partial charge in [-0.25, -0.2) is 0 Å². The van der Waals surface area contributed by atoms with Gasteiger partial charge in [0.2, 0.25) is 5.78 Å². The topological polar surface area (TPSA) is 70.4 Å². The van der Waals surface area contributed by atoms with E-state index in [1.54, 1.807) is 0 Å². The number of Topliss-reactive ketones (excluding diaryl/α,β-unsaturated/α-hetero) is 1. The van der Waals surface area contributed by atoms with Gasteiger partial charge in [0.1, 0.15) is 17.2 Å². The average molecular weight is 377 g/mol. The van der Waals surface area contributed by atoms with Crippen molar-refractivity contribution in [3.8, 4) is 5.75 Å². The molecular formula is C14H5Cl4NO3. The number of rotatable bonds is 1. The first-order valence-electron chi connectivity index (χ1n) is 5.84. The van der Waals surface area contributed by atoms with Crippen LogP contribution in [-0.2, 0) is 0 Å². The molecule has 4 nitrogen and oxygen atoms in total. The fourth-order valence-electron chi connectivity index (χ4n) is 2.23. The Balaban J connectivity index is 2.37. The summed E-state index contributed by atoms with van der Waals surface area (Å²) in [4.78, 5) is 16.5. The first-order chi connectivity index (χ1) is 10.4. The van der Waals surface area contributed by atoms with Gasteiger partial charge >= 0.3 is 0 Å². The number of halogens is 4. The highest BCUT2D eigenvalue weighted by Gasteiger charge is 2.38. The van der Waals surface area contributed by atoms with Crippen molar-refractivity contribution < 1.29 is 15.0 Å². The van der Waals surface area contributed by atoms with Crippen molar-refractivity contribution in [2.45, 2.75) is 0 Å². The van der Waals surface area contributed by atoms with Crippen LogP contribution in [0.5, 0.6) is 5.75 Å². The van der Waals surface area contributed by atoms with Gasteiger partial charge in [-0.15, -0.1) is 0 Å². The van der Waals surface area contributed by atoms with Crippen molar-refractivity contribution in [1.29, 1.82) is 0 Å². The van der Waals surface area contributed by atoms with E-state index in [1.165, 1.54) is 18.3 Å². The molecule has 0 bridgehead atoms. The summed E-state index contributed by atoms with van der Waals surface area (Å²) < 4.78 is 0. The Hall–Kier alpha value is -1.46. The predicted octanol–water partition coefficient (Wildman–Crippen LogP) is 5.02. The van der Waals surface area contributed by atoms with Crippen molar-refractivity contribution in [2.24, 2.45) is 0 Å². The number of carbonyl (C=O) groups excluding carboxylic acids is 1. The summed E-state index contributed by atoms with van der Waals surface area (Å²) in [5.74, 6) is -1.37. The molecule has 0 aliphatic heterocycles. The average Bonchev–Trinajstić information content (AvgIpc) is 2.75. The minimum atomic E-state index is -0.646. The number of aromatic hydroxyl groups is 1. The number of allylic oxidation sites excluding steroid dienone is 1. The quantitative estimate of drug-likeness (QED) is 0.541. The Kier molecular flexibility index (Phi) is 3.73. The molecule has 22 heavy (non-hydrogen) atoms. The lowest BCUT2D eigenvalue weighted by Gasteiger charge is -2.09. The third-order valence-corrected chi connectivity index (χ3v) is 5.02. The third-order valence-electron chi connectivity index (χ3n) is 3.22. The third kappa shape index (κ3) is 1.99. The van der Waals surface area contributed by atoms with Crippen LogP contribution in [0.2, 0.25) is 20.1 Å². The molecule has 2 N–H and O–H groups in total. The first-order valence-corrected chi connectivity index (χ1v) is 7.36. The van der Waals surface area contributed by atoms with E-state index in [2.05, 4.69) is 4.98 Å². The lowest BCUT2D eigenvalue weighted by atomic mass is 10.1. The standard InChI is InChI=1S/C14H5Cl4NO3/c15-8-5-6(9(16)11(18)10(8)17)14(22)7(13(5)21)12-4(20)2-1-3-19-12/h1-3,20-21H. The zero-order valence-corrected chi connectivity index (χ0v) is 13.5. The fourth-order valence-corrected chi connectivity index (χ4v) is 3.26. The number of ketones is 1. The smallest absolute Gasteiger partial charge is 0.201 e. The zero-order chi connectivity index (χ0) is 16.2. The maximum Gasteiger partial charge on any atom is 0.201 e. The summed E-state index contributed by atoms with van der Waals surface area (Å²) in [5.41, 5.74) is -0.388. The van der Waals surface area contributed by atoms with Gasteiger partial charge in [-0.1, -0.05) is 46.4 Å². The number of aliphatic hydroxyl groups excluding tert-OH is 1. The minimum Gasteiger partial charge on any atom is -0.506 e. The molecule has 0 saturated heterocycles. The summed E-state index contributed by atoms with van der Waals surface area (Å²) in [6.45, 7) is 0. The highest BCUT2D eigenvalue weighted by atomic mass is 35.5. The number of hydrogen-bond donors (Lipinski definition) is 2. The van der Waals surface area contributed by atoms with Crippen molar-refractivity contribution in [3.63, 3.8) is 0 Å². The summed E-state index contributed by atoms with van der Waals surface area (Å²) in [6, 6.07) is 2.82. The Morgan fingerprint density at radius 3 is 2.09 bits per heavy atom. The summed E-state index contributed by atoms with van der Waals surface area (Å²) in [5, 5.41) is 19.9. The monoisotopic (exact) mass is 375 g/mol. The maximum absolute atomic E-state index is 12.6. The molecule has 0 radical (unpaired) electrons. The van der Waals surface area contributed by atoms with Crippen LogP contribution >= 0.6 is 46.4 Å². The highest BCUT2D eigenvalue weighted by molar-refractivity contribution is 6.56. The second-order valence-corrected chi connectivity index (χ2v) is 5.94. The lowest BCUT2D eigenvalue weighted by molar-refractivity contribution is 0.105. The molecule has 112 valence electrons. The van der Waals surface area contributed by atoms with Crippen LogP contribution < -0.4 is 0 Å². The predicted molar refractivity (Wildman–Crippen MR) is 86.2 cm³/mol. The number of carbonyl (C=O) groups is 1. The van der Waals surface area contributed by atoms with E-state index in [9.17, 15) is 15.0 Å². The first kappa shape index (κ1) is 15.4. The number of pyridine rings is 1. The van der Waals surface area contributed by atoms with Crippen LogP contribution in [0.3, 0.4) is 0 Å². The number of aliphatic hydroxyl groups is 1. The van der Waals surface area contributed by atoms with E-state index in [0.29, 0.717) is 0 Å². The molecule has 1 aliphatic carbocycles. The van der Waals surface area contributed by atoms with Crippen LogP contribution in [0.25, 0.3) is 11.3 Å². The Morgan fingerprint density at radius 1 is 0.909 bits per heavy atom. The lowest BCUT2D eigenvalue weighted by Crippen LogP contribution is -2.02. The van der Waals surface area contributed by atoms with E-state index in [0.717, 1.165) is 0 Å². The number of aromatic nitrogens is 1. The van der Waals surface area contributed by atoms with Crippen molar-refractivity contribution >= 4 is 63.5 Å². The van der Waals surface area contributed by atoms with Crippen molar-refractivity contribution in [1.82, 2.24) is 4.98 Å². The molecule has 1 aromatic heterocycles. The SMILES string of the molecule is O=C1C(c2ncccc2O)=C(O)c2c(Cl)c(Cl)c(Cl)c(Cl)c21. The molecule has 0 saturated carbocycles. The molecule has 0 amide bonds. The molecule has 1 heterocycles. The molecule has 0 fully saturated rings. The fraction of sp³-hybridized carbons (Fsp3) is 0. The number of hydrogen-bond acceptors (Lipinski definition) is 4. The summed E-state index contributed by atoms with van der Waals surface area (Å²) in [7, 11) is 0. The van der Waals surface area contributed by atoms with Gasteiger partial charge < -0.3 is 10.2 Å². The van der Waals surface area contributed by atoms with Gasteiger partial charge in [0, 0.05) is 6.20 Å². The van der Waals surface area contributed by atoms with Crippen LogP contribution in [0.15, 0.2) is 18.3 Å².